The van der Waals surface area contributed by atoms with Gasteiger partial charge in [0.15, 0.2) is 0 Å². The fourth-order valence-corrected chi connectivity index (χ4v) is 2.71. The van der Waals surface area contributed by atoms with Gasteiger partial charge in [0.1, 0.15) is 5.78 Å². The molecule has 0 aromatic heterocycles. The highest BCUT2D eigenvalue weighted by atomic mass is 16.1. The van der Waals surface area contributed by atoms with E-state index in [1.165, 1.54) is 32.1 Å². The molecule has 0 saturated carbocycles. The molecule has 1 heterocycles. The summed E-state index contributed by atoms with van der Waals surface area (Å²) >= 11 is 0. The van der Waals surface area contributed by atoms with Crippen molar-refractivity contribution in [3.63, 3.8) is 0 Å². The van der Waals surface area contributed by atoms with Crippen LogP contribution in [-0.4, -0.2) is 29.3 Å². The van der Waals surface area contributed by atoms with Crippen LogP contribution in [0.5, 0.6) is 0 Å². The summed E-state index contributed by atoms with van der Waals surface area (Å²) in [5.74, 6) is 0.446. The number of unbranched alkanes of at least 4 members (excludes halogenated alkanes) is 3. The molecule has 16 heavy (non-hydrogen) atoms. The number of nitrogens with zero attached hydrogens (tertiary/aromatic N) is 1. The number of carbonyl (C=O) groups is 1. The van der Waals surface area contributed by atoms with Crippen molar-refractivity contribution in [1.82, 2.24) is 4.90 Å². The number of hydrogen-bond acceptors (Lipinski definition) is 2. The second-order valence-corrected chi connectivity index (χ2v) is 5.28. The molecular formula is C14H27NO. The summed E-state index contributed by atoms with van der Waals surface area (Å²) in [5, 5.41) is 0. The Morgan fingerprint density at radius 2 is 2.12 bits per heavy atom. The Morgan fingerprint density at radius 3 is 2.75 bits per heavy atom. The Hall–Kier alpha value is -0.370. The van der Waals surface area contributed by atoms with E-state index < -0.39 is 0 Å². The number of ketones is 1. The molecule has 94 valence electrons. The van der Waals surface area contributed by atoms with Crippen LogP contribution in [0, 0.1) is 0 Å². The fourth-order valence-electron chi connectivity index (χ4n) is 2.71. The first-order valence-electron chi connectivity index (χ1n) is 6.92. The van der Waals surface area contributed by atoms with Crippen molar-refractivity contribution < 1.29 is 4.79 Å². The maximum absolute atomic E-state index is 11.3. The standard InChI is InChI=1S/C14H27NO/c1-4-5-6-7-8-12(2)15-10-9-14(16)11-13(15)3/h12-13H,4-11H2,1-3H3. The quantitative estimate of drug-likeness (QED) is 0.646. The monoisotopic (exact) mass is 225 g/mol. The summed E-state index contributed by atoms with van der Waals surface area (Å²) < 4.78 is 0. The number of piperidine rings is 1. The number of likely N-dealkylation sites (tertiary alicyclic amines) is 1. The van der Waals surface area contributed by atoms with E-state index in [1.807, 2.05) is 0 Å². The third-order valence-electron chi connectivity index (χ3n) is 3.78. The summed E-state index contributed by atoms with van der Waals surface area (Å²) in [6.45, 7) is 7.74. The van der Waals surface area contributed by atoms with Gasteiger partial charge in [-0.3, -0.25) is 9.69 Å². The molecular weight excluding hydrogens is 198 g/mol. The van der Waals surface area contributed by atoms with Crippen molar-refractivity contribution in [3.05, 3.63) is 0 Å². The van der Waals surface area contributed by atoms with Gasteiger partial charge in [0.05, 0.1) is 0 Å². The zero-order chi connectivity index (χ0) is 12.0. The van der Waals surface area contributed by atoms with Crippen LogP contribution in [0.25, 0.3) is 0 Å². The van der Waals surface area contributed by atoms with Gasteiger partial charge >= 0.3 is 0 Å². The van der Waals surface area contributed by atoms with Crippen LogP contribution in [0.1, 0.15) is 65.7 Å². The van der Waals surface area contributed by atoms with Crippen LogP contribution in [0.15, 0.2) is 0 Å². The zero-order valence-corrected chi connectivity index (χ0v) is 11.2. The lowest BCUT2D eigenvalue weighted by Gasteiger charge is -2.37. The third kappa shape index (κ3) is 4.25. The molecule has 0 bridgehead atoms. The first-order valence-corrected chi connectivity index (χ1v) is 6.92. The number of Topliss-reactive ketones (excluding diaryl/α,β-unsaturated/α-hetero) is 1. The van der Waals surface area contributed by atoms with Crippen LogP contribution in [0.4, 0.5) is 0 Å². The van der Waals surface area contributed by atoms with Crippen molar-refractivity contribution >= 4 is 5.78 Å². The van der Waals surface area contributed by atoms with Gasteiger partial charge in [0.2, 0.25) is 0 Å². The van der Waals surface area contributed by atoms with Crippen molar-refractivity contribution in [2.75, 3.05) is 6.54 Å². The average Bonchev–Trinajstić information content (AvgIpc) is 2.24. The lowest BCUT2D eigenvalue weighted by molar-refractivity contribution is -0.123. The van der Waals surface area contributed by atoms with Crippen LogP contribution in [0.2, 0.25) is 0 Å². The van der Waals surface area contributed by atoms with Crippen molar-refractivity contribution in [1.29, 1.82) is 0 Å². The van der Waals surface area contributed by atoms with E-state index in [-0.39, 0.29) is 0 Å². The van der Waals surface area contributed by atoms with Crippen molar-refractivity contribution in [3.8, 4) is 0 Å². The fraction of sp³-hybridized carbons (Fsp3) is 0.929. The van der Waals surface area contributed by atoms with E-state index in [0.717, 1.165) is 19.4 Å². The predicted octanol–water partition coefficient (Wildman–Crippen LogP) is 3.40. The molecule has 1 saturated heterocycles. The number of carbonyl (C=O) groups excluding carboxylic acids is 1. The van der Waals surface area contributed by atoms with Gasteiger partial charge in [-0.05, 0) is 20.3 Å². The minimum atomic E-state index is 0.446. The highest BCUT2D eigenvalue weighted by molar-refractivity contribution is 5.79. The maximum atomic E-state index is 11.3. The Balaban J connectivity index is 2.24. The third-order valence-corrected chi connectivity index (χ3v) is 3.78. The number of hydrogen-bond donors (Lipinski definition) is 0. The van der Waals surface area contributed by atoms with E-state index in [9.17, 15) is 4.79 Å². The molecule has 1 aliphatic rings. The number of rotatable bonds is 6. The summed E-state index contributed by atoms with van der Waals surface area (Å²) in [4.78, 5) is 13.8. The summed E-state index contributed by atoms with van der Waals surface area (Å²) in [7, 11) is 0. The molecule has 0 radical (unpaired) electrons. The molecule has 2 heteroatoms. The topological polar surface area (TPSA) is 20.3 Å². The van der Waals surface area contributed by atoms with E-state index in [1.54, 1.807) is 0 Å². The van der Waals surface area contributed by atoms with Crippen LogP contribution < -0.4 is 0 Å². The molecule has 0 amide bonds. The van der Waals surface area contributed by atoms with Crippen LogP contribution in [0.3, 0.4) is 0 Å². The van der Waals surface area contributed by atoms with E-state index in [0.29, 0.717) is 17.9 Å². The Labute approximate surface area is 100 Å². The highest BCUT2D eigenvalue weighted by Crippen LogP contribution is 2.20. The SMILES string of the molecule is CCCCCCC(C)N1CCC(=O)CC1C. The van der Waals surface area contributed by atoms with Gasteiger partial charge < -0.3 is 0 Å². The second kappa shape index (κ2) is 7.05. The minimum absolute atomic E-state index is 0.446. The van der Waals surface area contributed by atoms with Gasteiger partial charge in [0.25, 0.3) is 0 Å². The molecule has 2 unspecified atom stereocenters. The molecule has 0 spiro atoms. The van der Waals surface area contributed by atoms with E-state index in [2.05, 4.69) is 25.7 Å². The van der Waals surface area contributed by atoms with Crippen molar-refractivity contribution in [2.45, 2.75) is 77.8 Å². The zero-order valence-electron chi connectivity index (χ0n) is 11.2. The summed E-state index contributed by atoms with van der Waals surface area (Å²) in [5.41, 5.74) is 0. The van der Waals surface area contributed by atoms with Gasteiger partial charge in [-0.1, -0.05) is 32.6 Å². The second-order valence-electron chi connectivity index (χ2n) is 5.28. The maximum Gasteiger partial charge on any atom is 0.135 e. The smallest absolute Gasteiger partial charge is 0.135 e. The Morgan fingerprint density at radius 1 is 1.38 bits per heavy atom. The average molecular weight is 225 g/mol. The van der Waals surface area contributed by atoms with Gasteiger partial charge in [-0.25, -0.2) is 0 Å². The normalized spacial score (nSPS) is 24.7. The molecule has 1 aliphatic heterocycles. The molecule has 0 aromatic rings. The molecule has 0 aliphatic carbocycles. The lowest BCUT2D eigenvalue weighted by atomic mass is 9.98. The highest BCUT2D eigenvalue weighted by Gasteiger charge is 2.26. The van der Waals surface area contributed by atoms with Crippen molar-refractivity contribution in [2.24, 2.45) is 0 Å². The Bertz CT molecular complexity index is 215. The molecule has 0 N–H and O–H groups in total. The predicted molar refractivity (Wildman–Crippen MR) is 68.6 cm³/mol. The minimum Gasteiger partial charge on any atom is -0.300 e. The lowest BCUT2D eigenvalue weighted by Crippen LogP contribution is -2.46. The molecule has 1 rings (SSSR count). The van der Waals surface area contributed by atoms with Crippen LogP contribution >= 0.6 is 0 Å². The van der Waals surface area contributed by atoms with Crippen LogP contribution in [-0.2, 0) is 4.79 Å². The molecule has 2 nitrogen and oxygen atoms in total. The molecule has 2 atom stereocenters. The Kier molecular flexibility index (Phi) is 6.04. The van der Waals surface area contributed by atoms with E-state index >= 15 is 0 Å². The molecule has 1 fully saturated rings. The first kappa shape index (κ1) is 13.7. The van der Waals surface area contributed by atoms with Gasteiger partial charge in [0, 0.05) is 31.5 Å². The molecule has 0 aromatic carbocycles. The largest absolute Gasteiger partial charge is 0.300 e. The van der Waals surface area contributed by atoms with Gasteiger partial charge in [-0.15, -0.1) is 0 Å². The van der Waals surface area contributed by atoms with Gasteiger partial charge in [-0.2, -0.15) is 0 Å². The van der Waals surface area contributed by atoms with E-state index in [4.69, 9.17) is 0 Å². The first-order chi connectivity index (χ1) is 7.65. The summed E-state index contributed by atoms with van der Waals surface area (Å²) in [6.07, 6.45) is 8.19. The summed E-state index contributed by atoms with van der Waals surface area (Å²) in [6, 6.07) is 1.11.